The van der Waals surface area contributed by atoms with Crippen LogP contribution in [-0.4, -0.2) is 18.2 Å². The second kappa shape index (κ2) is 1.16. The van der Waals surface area contributed by atoms with Gasteiger partial charge in [-0.3, -0.25) is 0 Å². The van der Waals surface area contributed by atoms with Gasteiger partial charge in [0.2, 0.25) is 0 Å². The molecule has 44 valence electrons. The van der Waals surface area contributed by atoms with Crippen LogP contribution in [0.25, 0.3) is 0 Å². The largest absolute Gasteiger partial charge is 0.446 e. The van der Waals surface area contributed by atoms with Crippen molar-refractivity contribution in [3.05, 3.63) is 0 Å². The van der Waals surface area contributed by atoms with Gasteiger partial charge in [-0.05, 0) is 0 Å². The topological polar surface area (TPSA) is 38.3 Å². The fourth-order valence-electron chi connectivity index (χ4n) is 1.13. The number of carbonyl (C=O) groups is 1. The first-order chi connectivity index (χ1) is 3.84. The average molecular weight is 113 g/mol. The van der Waals surface area contributed by atoms with Crippen LogP contribution in [0.2, 0.25) is 0 Å². The van der Waals surface area contributed by atoms with Crippen molar-refractivity contribution in [2.45, 2.75) is 25.0 Å². The number of carbonyl (C=O) groups excluding carboxylic acids is 1. The summed E-state index contributed by atoms with van der Waals surface area (Å²) in [7, 11) is 0. The van der Waals surface area contributed by atoms with Gasteiger partial charge in [0, 0.05) is 18.9 Å². The summed E-state index contributed by atoms with van der Waals surface area (Å²) in [6.07, 6.45) is 2.04. The maximum absolute atomic E-state index is 10.4. The highest BCUT2D eigenvalue weighted by atomic mass is 16.6. The third-order valence-electron chi connectivity index (χ3n) is 1.69. The van der Waals surface area contributed by atoms with E-state index >= 15 is 0 Å². The molecular formula is C5H7NO2. The molecule has 0 unspecified atom stereocenters. The molecule has 3 nitrogen and oxygen atoms in total. The van der Waals surface area contributed by atoms with Crippen LogP contribution < -0.4 is 5.32 Å². The highest BCUT2D eigenvalue weighted by Crippen LogP contribution is 2.27. The number of fused-ring (bicyclic) bond motifs is 2. The minimum absolute atomic E-state index is 0.238. The van der Waals surface area contributed by atoms with E-state index < -0.39 is 0 Å². The van der Waals surface area contributed by atoms with Gasteiger partial charge in [-0.2, -0.15) is 0 Å². The summed E-state index contributed by atoms with van der Waals surface area (Å²) >= 11 is 0. The first kappa shape index (κ1) is 4.18. The Kier molecular flexibility index (Phi) is 0.604. The minimum Gasteiger partial charge on any atom is -0.446 e. The van der Waals surface area contributed by atoms with E-state index in [-0.39, 0.29) is 12.2 Å². The molecule has 1 N–H and O–H groups in total. The van der Waals surface area contributed by atoms with E-state index in [1.54, 1.807) is 0 Å². The number of alkyl carbamates (subject to hydrolysis) is 1. The van der Waals surface area contributed by atoms with Gasteiger partial charge in [-0.25, -0.2) is 4.79 Å². The van der Waals surface area contributed by atoms with Crippen LogP contribution in [-0.2, 0) is 4.74 Å². The van der Waals surface area contributed by atoms with Crippen molar-refractivity contribution in [1.82, 2.24) is 5.32 Å². The SMILES string of the molecule is O=C1NC2CC(C2)O1. The second-order valence-corrected chi connectivity index (χ2v) is 2.34. The van der Waals surface area contributed by atoms with E-state index in [2.05, 4.69) is 5.32 Å². The molecule has 3 heteroatoms. The number of ether oxygens (including phenoxy) is 1. The van der Waals surface area contributed by atoms with Crippen LogP contribution >= 0.6 is 0 Å². The summed E-state index contributed by atoms with van der Waals surface area (Å²) in [5.74, 6) is 0. The normalized spacial score (nSPS) is 41.8. The van der Waals surface area contributed by atoms with Crippen LogP contribution in [0.4, 0.5) is 4.79 Å². The van der Waals surface area contributed by atoms with Gasteiger partial charge in [-0.1, -0.05) is 0 Å². The van der Waals surface area contributed by atoms with Crippen molar-refractivity contribution in [2.24, 2.45) is 0 Å². The van der Waals surface area contributed by atoms with Crippen molar-refractivity contribution < 1.29 is 9.53 Å². The lowest BCUT2D eigenvalue weighted by molar-refractivity contribution is -0.00664. The fourth-order valence-corrected chi connectivity index (χ4v) is 1.13. The zero-order chi connectivity index (χ0) is 5.56. The van der Waals surface area contributed by atoms with Crippen LogP contribution in [0.1, 0.15) is 12.8 Å². The molecular weight excluding hydrogens is 106 g/mol. The van der Waals surface area contributed by atoms with Crippen molar-refractivity contribution in [3.8, 4) is 0 Å². The average Bonchev–Trinajstić information content (AvgIpc) is 1.62. The van der Waals surface area contributed by atoms with Gasteiger partial charge in [-0.15, -0.1) is 0 Å². The van der Waals surface area contributed by atoms with E-state index in [1.165, 1.54) is 0 Å². The van der Waals surface area contributed by atoms with Crippen molar-refractivity contribution in [2.75, 3.05) is 0 Å². The van der Waals surface area contributed by atoms with E-state index in [0.29, 0.717) is 6.04 Å². The van der Waals surface area contributed by atoms with Gasteiger partial charge in [0.05, 0.1) is 0 Å². The Hall–Kier alpha value is -0.730. The number of hydrogen-bond acceptors (Lipinski definition) is 2. The Morgan fingerprint density at radius 1 is 1.62 bits per heavy atom. The van der Waals surface area contributed by atoms with Crippen LogP contribution in [0.3, 0.4) is 0 Å². The van der Waals surface area contributed by atoms with Gasteiger partial charge in [0.15, 0.2) is 0 Å². The Morgan fingerprint density at radius 2 is 2.38 bits per heavy atom. The first-order valence-corrected chi connectivity index (χ1v) is 2.82. The molecule has 8 heavy (non-hydrogen) atoms. The highest BCUT2D eigenvalue weighted by molar-refractivity contribution is 5.69. The van der Waals surface area contributed by atoms with Crippen molar-refractivity contribution in [3.63, 3.8) is 0 Å². The molecule has 0 aromatic carbocycles. The molecule has 3 rings (SSSR count). The molecule has 3 fully saturated rings. The number of rotatable bonds is 0. The summed E-state index contributed by atoms with van der Waals surface area (Å²) in [6, 6.07) is 0.432. The molecule has 0 radical (unpaired) electrons. The number of nitrogens with one attached hydrogen (secondary N) is 1. The zero-order valence-corrected chi connectivity index (χ0v) is 4.39. The number of hydrogen-bond donors (Lipinski definition) is 1. The lowest BCUT2D eigenvalue weighted by Crippen LogP contribution is -2.55. The maximum atomic E-state index is 10.4. The standard InChI is InChI=1S/C5H7NO2/c7-5-6-3-1-4(2-3)8-5/h3-4H,1-2H2,(H,6,7). The lowest BCUT2D eigenvalue weighted by atomic mass is 9.88. The van der Waals surface area contributed by atoms with Crippen LogP contribution in [0.15, 0.2) is 0 Å². The predicted molar refractivity (Wildman–Crippen MR) is 26.4 cm³/mol. The van der Waals surface area contributed by atoms with Crippen LogP contribution in [0.5, 0.6) is 0 Å². The van der Waals surface area contributed by atoms with Crippen LogP contribution in [0, 0.1) is 0 Å². The van der Waals surface area contributed by atoms with E-state index in [1.807, 2.05) is 0 Å². The highest BCUT2D eigenvalue weighted by Gasteiger charge is 2.38. The molecule has 0 spiro atoms. The van der Waals surface area contributed by atoms with Gasteiger partial charge >= 0.3 is 6.09 Å². The van der Waals surface area contributed by atoms with Crippen molar-refractivity contribution >= 4 is 6.09 Å². The summed E-state index contributed by atoms with van der Waals surface area (Å²) in [6.45, 7) is 0. The molecule has 1 amide bonds. The lowest BCUT2D eigenvalue weighted by Gasteiger charge is -2.40. The second-order valence-electron chi connectivity index (χ2n) is 2.34. The molecule has 2 saturated heterocycles. The third kappa shape index (κ3) is 0.412. The molecule has 1 saturated carbocycles. The molecule has 2 bridgehead atoms. The summed E-state index contributed by atoms with van der Waals surface area (Å²) in [5.41, 5.74) is 0. The van der Waals surface area contributed by atoms with E-state index in [0.717, 1.165) is 12.8 Å². The fraction of sp³-hybridized carbons (Fsp3) is 0.800. The number of amides is 1. The van der Waals surface area contributed by atoms with Crippen molar-refractivity contribution in [1.29, 1.82) is 0 Å². The van der Waals surface area contributed by atoms with Gasteiger partial charge in [0.25, 0.3) is 0 Å². The van der Waals surface area contributed by atoms with Gasteiger partial charge in [0.1, 0.15) is 6.10 Å². The Labute approximate surface area is 47.0 Å². The monoisotopic (exact) mass is 113 g/mol. The quantitative estimate of drug-likeness (QED) is 0.489. The maximum Gasteiger partial charge on any atom is 0.407 e. The van der Waals surface area contributed by atoms with E-state index in [9.17, 15) is 4.79 Å². The Balaban J connectivity index is 2.07. The molecule has 3 aliphatic rings. The summed E-state index contributed by atoms with van der Waals surface area (Å²) < 4.78 is 4.80. The molecule has 0 atom stereocenters. The first-order valence-electron chi connectivity index (χ1n) is 2.82. The Morgan fingerprint density at radius 3 is 2.62 bits per heavy atom. The Bertz CT molecular complexity index is 116. The zero-order valence-electron chi connectivity index (χ0n) is 4.39. The summed E-state index contributed by atoms with van der Waals surface area (Å²) in [4.78, 5) is 10.4. The molecule has 1 aliphatic carbocycles. The summed E-state index contributed by atoms with van der Waals surface area (Å²) in [5, 5.41) is 2.68. The van der Waals surface area contributed by atoms with Gasteiger partial charge < -0.3 is 10.1 Å². The molecule has 0 aromatic heterocycles. The van der Waals surface area contributed by atoms with E-state index in [4.69, 9.17) is 4.74 Å². The molecule has 2 heterocycles. The predicted octanol–water partition coefficient (Wildman–Crippen LogP) is 0.257. The third-order valence-corrected chi connectivity index (χ3v) is 1.69. The minimum atomic E-state index is -0.238. The molecule has 0 aromatic rings. The smallest absolute Gasteiger partial charge is 0.407 e. The molecule has 2 aliphatic heterocycles.